The predicted molar refractivity (Wildman–Crippen MR) is 110 cm³/mol. The lowest BCUT2D eigenvalue weighted by Gasteiger charge is -2.13. The van der Waals surface area contributed by atoms with E-state index in [9.17, 15) is 13.2 Å². The number of halogens is 1. The topological polar surface area (TPSA) is 88.2 Å². The molecule has 8 heteroatoms. The largest absolute Gasteiger partial charge is 0.322 e. The SMILES string of the molecule is Cc1cccc(C)c1NS(=O)(=O)c1ccc(NC(=O)c2ccc(Cl)nc2)cc1. The molecule has 1 heterocycles. The Labute approximate surface area is 168 Å². The minimum absolute atomic E-state index is 0.0984. The number of aromatic nitrogens is 1. The summed E-state index contributed by atoms with van der Waals surface area (Å²) in [5, 5.41) is 2.98. The fraction of sp³-hybridized carbons (Fsp3) is 0.100. The number of para-hydroxylation sites is 1. The lowest BCUT2D eigenvalue weighted by molar-refractivity contribution is 0.102. The van der Waals surface area contributed by atoms with Gasteiger partial charge in [0.1, 0.15) is 5.15 Å². The van der Waals surface area contributed by atoms with Gasteiger partial charge in [-0.2, -0.15) is 0 Å². The van der Waals surface area contributed by atoms with Gasteiger partial charge >= 0.3 is 0 Å². The molecule has 0 saturated carbocycles. The second-order valence-electron chi connectivity index (χ2n) is 6.22. The van der Waals surface area contributed by atoms with Crippen molar-refractivity contribution >= 4 is 38.9 Å². The van der Waals surface area contributed by atoms with Gasteiger partial charge in [-0.3, -0.25) is 9.52 Å². The summed E-state index contributed by atoms with van der Waals surface area (Å²) in [4.78, 5) is 16.2. The van der Waals surface area contributed by atoms with Gasteiger partial charge in [0.2, 0.25) is 0 Å². The fourth-order valence-electron chi connectivity index (χ4n) is 2.60. The van der Waals surface area contributed by atoms with Crippen molar-refractivity contribution in [3.8, 4) is 0 Å². The van der Waals surface area contributed by atoms with Crippen molar-refractivity contribution in [1.29, 1.82) is 0 Å². The highest BCUT2D eigenvalue weighted by Gasteiger charge is 2.17. The van der Waals surface area contributed by atoms with Crippen LogP contribution in [-0.4, -0.2) is 19.3 Å². The maximum absolute atomic E-state index is 12.7. The monoisotopic (exact) mass is 415 g/mol. The summed E-state index contributed by atoms with van der Waals surface area (Å²) in [6.45, 7) is 3.68. The van der Waals surface area contributed by atoms with E-state index in [4.69, 9.17) is 11.6 Å². The average molecular weight is 416 g/mol. The van der Waals surface area contributed by atoms with E-state index in [1.807, 2.05) is 32.0 Å². The van der Waals surface area contributed by atoms with Gasteiger partial charge in [-0.05, 0) is 61.4 Å². The summed E-state index contributed by atoms with van der Waals surface area (Å²) in [5.74, 6) is -0.367. The molecule has 0 spiro atoms. The number of amides is 1. The summed E-state index contributed by atoms with van der Waals surface area (Å²) in [6, 6.07) is 14.6. The second kappa shape index (κ2) is 8.00. The first-order valence-electron chi connectivity index (χ1n) is 8.38. The van der Waals surface area contributed by atoms with Crippen molar-refractivity contribution in [2.24, 2.45) is 0 Å². The highest BCUT2D eigenvalue weighted by atomic mass is 35.5. The van der Waals surface area contributed by atoms with Crippen molar-refractivity contribution in [2.75, 3.05) is 10.0 Å². The molecule has 1 amide bonds. The van der Waals surface area contributed by atoms with Crippen LogP contribution in [0.4, 0.5) is 11.4 Å². The molecule has 2 aromatic carbocycles. The minimum Gasteiger partial charge on any atom is -0.322 e. The molecule has 2 N–H and O–H groups in total. The Morgan fingerprint density at radius 1 is 0.964 bits per heavy atom. The smallest absolute Gasteiger partial charge is 0.261 e. The maximum atomic E-state index is 12.7. The van der Waals surface area contributed by atoms with Gasteiger partial charge in [-0.25, -0.2) is 13.4 Å². The van der Waals surface area contributed by atoms with Crippen LogP contribution in [0.3, 0.4) is 0 Å². The number of anilines is 2. The molecule has 0 fully saturated rings. The molecular weight excluding hydrogens is 398 g/mol. The van der Waals surface area contributed by atoms with Gasteiger partial charge in [0, 0.05) is 11.9 Å². The summed E-state index contributed by atoms with van der Waals surface area (Å²) in [6.07, 6.45) is 1.37. The number of carbonyl (C=O) groups is 1. The molecule has 6 nitrogen and oxygen atoms in total. The van der Waals surface area contributed by atoms with Crippen molar-refractivity contribution < 1.29 is 13.2 Å². The number of pyridine rings is 1. The van der Waals surface area contributed by atoms with E-state index in [1.54, 1.807) is 6.07 Å². The summed E-state index contributed by atoms with van der Waals surface area (Å²) in [7, 11) is -3.75. The third-order valence-electron chi connectivity index (χ3n) is 4.13. The number of sulfonamides is 1. The van der Waals surface area contributed by atoms with E-state index in [0.717, 1.165) is 11.1 Å². The van der Waals surface area contributed by atoms with Crippen molar-refractivity contribution in [1.82, 2.24) is 4.98 Å². The van der Waals surface area contributed by atoms with E-state index < -0.39 is 10.0 Å². The Kier molecular flexibility index (Phi) is 5.67. The Bertz CT molecular complexity index is 1090. The summed E-state index contributed by atoms with van der Waals surface area (Å²) < 4.78 is 28.0. The Balaban J connectivity index is 1.76. The molecule has 0 bridgehead atoms. The first-order chi connectivity index (χ1) is 13.3. The van der Waals surface area contributed by atoms with Gasteiger partial charge in [0.05, 0.1) is 16.1 Å². The molecule has 1 aromatic heterocycles. The van der Waals surface area contributed by atoms with Crippen molar-refractivity contribution in [3.05, 3.63) is 82.6 Å². The van der Waals surface area contributed by atoms with Gasteiger partial charge < -0.3 is 5.32 Å². The van der Waals surface area contributed by atoms with Gasteiger partial charge in [0.25, 0.3) is 15.9 Å². The van der Waals surface area contributed by atoms with Crippen LogP contribution in [0.25, 0.3) is 0 Å². The standard InChI is InChI=1S/C20H18ClN3O3S/c1-13-4-3-5-14(2)19(13)24-28(26,27)17-9-7-16(8-10-17)23-20(25)15-6-11-18(21)22-12-15/h3-12,24H,1-2H3,(H,23,25). The molecule has 0 unspecified atom stereocenters. The lowest BCUT2D eigenvalue weighted by Crippen LogP contribution is -2.15. The molecule has 3 rings (SSSR count). The summed E-state index contributed by atoms with van der Waals surface area (Å²) in [5.41, 5.74) is 3.05. The van der Waals surface area contributed by atoms with Crippen LogP contribution < -0.4 is 10.0 Å². The van der Waals surface area contributed by atoms with Gasteiger partial charge in [-0.15, -0.1) is 0 Å². The lowest BCUT2D eigenvalue weighted by atomic mass is 10.1. The zero-order valence-corrected chi connectivity index (χ0v) is 16.8. The molecule has 0 radical (unpaired) electrons. The molecule has 0 aliphatic rings. The van der Waals surface area contributed by atoms with E-state index in [1.165, 1.54) is 36.5 Å². The zero-order chi connectivity index (χ0) is 20.3. The molecule has 0 aliphatic carbocycles. The van der Waals surface area contributed by atoms with Crippen LogP contribution in [0.1, 0.15) is 21.5 Å². The molecule has 0 atom stereocenters. The maximum Gasteiger partial charge on any atom is 0.261 e. The third kappa shape index (κ3) is 4.49. The van der Waals surface area contributed by atoms with E-state index in [0.29, 0.717) is 22.1 Å². The van der Waals surface area contributed by atoms with Gasteiger partial charge in [-0.1, -0.05) is 29.8 Å². The average Bonchev–Trinajstić information content (AvgIpc) is 2.66. The van der Waals surface area contributed by atoms with E-state index in [2.05, 4.69) is 15.0 Å². The van der Waals surface area contributed by atoms with Crippen LogP contribution in [0, 0.1) is 13.8 Å². The molecular formula is C20H18ClN3O3S. The number of rotatable bonds is 5. The Morgan fingerprint density at radius 2 is 1.61 bits per heavy atom. The number of hydrogen-bond acceptors (Lipinski definition) is 4. The molecule has 0 saturated heterocycles. The molecule has 0 aliphatic heterocycles. The van der Waals surface area contributed by atoms with E-state index in [-0.39, 0.29) is 10.8 Å². The number of carbonyl (C=O) groups excluding carboxylic acids is 1. The van der Waals surface area contributed by atoms with E-state index >= 15 is 0 Å². The first kappa shape index (κ1) is 19.9. The minimum atomic E-state index is -3.75. The molecule has 144 valence electrons. The highest BCUT2D eigenvalue weighted by molar-refractivity contribution is 7.92. The Hall–Kier alpha value is -2.90. The number of aryl methyl sites for hydroxylation is 2. The van der Waals surface area contributed by atoms with Crippen molar-refractivity contribution in [3.63, 3.8) is 0 Å². The predicted octanol–water partition coefficient (Wildman–Crippen LogP) is 4.40. The van der Waals surface area contributed by atoms with Crippen LogP contribution in [0.2, 0.25) is 5.15 Å². The quantitative estimate of drug-likeness (QED) is 0.604. The first-order valence-corrected chi connectivity index (χ1v) is 10.2. The zero-order valence-electron chi connectivity index (χ0n) is 15.2. The highest BCUT2D eigenvalue weighted by Crippen LogP contribution is 2.24. The number of nitrogens with zero attached hydrogens (tertiary/aromatic N) is 1. The number of benzene rings is 2. The normalized spacial score (nSPS) is 11.1. The number of hydrogen-bond donors (Lipinski definition) is 2. The van der Waals surface area contributed by atoms with Crippen molar-refractivity contribution in [2.45, 2.75) is 18.7 Å². The van der Waals surface area contributed by atoms with Crippen LogP contribution in [-0.2, 0) is 10.0 Å². The third-order valence-corrected chi connectivity index (χ3v) is 5.72. The van der Waals surface area contributed by atoms with Crippen LogP contribution in [0.5, 0.6) is 0 Å². The number of nitrogens with one attached hydrogen (secondary N) is 2. The molecule has 28 heavy (non-hydrogen) atoms. The van der Waals surface area contributed by atoms with Crippen LogP contribution in [0.15, 0.2) is 65.7 Å². The van der Waals surface area contributed by atoms with Crippen LogP contribution >= 0.6 is 11.6 Å². The second-order valence-corrected chi connectivity index (χ2v) is 8.29. The van der Waals surface area contributed by atoms with Gasteiger partial charge in [0.15, 0.2) is 0 Å². The fourth-order valence-corrected chi connectivity index (χ4v) is 3.91. The summed E-state index contributed by atoms with van der Waals surface area (Å²) >= 11 is 5.71. The Morgan fingerprint density at radius 3 is 2.18 bits per heavy atom. The molecule has 3 aromatic rings.